The maximum Gasteiger partial charge on any atom is 0.225 e. The Morgan fingerprint density at radius 2 is 2.03 bits per heavy atom. The molecule has 11 heteroatoms. The van der Waals surface area contributed by atoms with Crippen LogP contribution in [0.3, 0.4) is 0 Å². The van der Waals surface area contributed by atoms with Gasteiger partial charge in [0.05, 0.1) is 6.61 Å². The lowest BCUT2D eigenvalue weighted by Crippen LogP contribution is -2.38. The van der Waals surface area contributed by atoms with E-state index in [4.69, 9.17) is 11.6 Å². The Bertz CT molecular complexity index is 1060. The van der Waals surface area contributed by atoms with Crippen molar-refractivity contribution in [2.45, 2.75) is 10.8 Å². The number of anilines is 2. The zero-order chi connectivity index (χ0) is 20.9. The number of hydrogen-bond donors (Lipinski definition) is 2. The van der Waals surface area contributed by atoms with Crippen LogP contribution < -0.4 is 10.2 Å². The second-order valence-corrected chi connectivity index (χ2v) is 9.75. The van der Waals surface area contributed by atoms with Crippen molar-refractivity contribution in [1.82, 2.24) is 19.9 Å². The molecule has 4 rings (SSSR count). The average Bonchev–Trinajstić information content (AvgIpc) is 2.76. The summed E-state index contributed by atoms with van der Waals surface area (Å²) in [7, 11) is -0.791. The van der Waals surface area contributed by atoms with Crippen molar-refractivity contribution in [2.75, 3.05) is 48.0 Å². The molecule has 8 nitrogen and oxygen atoms in total. The van der Waals surface area contributed by atoms with Crippen LogP contribution in [-0.4, -0.2) is 67.0 Å². The highest BCUT2D eigenvalue weighted by Crippen LogP contribution is 2.31. The molecule has 3 aromatic rings. The van der Waals surface area contributed by atoms with Crippen LogP contribution in [0.4, 0.5) is 11.8 Å². The number of aliphatic hydroxyl groups is 1. The van der Waals surface area contributed by atoms with Gasteiger partial charge in [-0.2, -0.15) is 4.98 Å². The van der Waals surface area contributed by atoms with Crippen LogP contribution in [-0.2, 0) is 16.6 Å². The fraction of sp³-hybridized carbons (Fsp3) is 0.368. The molecular formula is C19H21ClN6O2S2. The minimum atomic E-state index is -0.791. The molecule has 1 fully saturated rings. The first-order valence-electron chi connectivity index (χ1n) is 9.48. The molecule has 2 N–H and O–H groups in total. The van der Waals surface area contributed by atoms with Gasteiger partial charge in [-0.3, -0.25) is 4.21 Å². The minimum absolute atomic E-state index is 0.0267. The molecule has 0 atom stereocenters. The molecule has 1 aliphatic heterocycles. The number of halogens is 1. The van der Waals surface area contributed by atoms with E-state index in [1.165, 1.54) is 6.33 Å². The highest BCUT2D eigenvalue weighted by Gasteiger charge is 2.22. The Balaban J connectivity index is 1.70. The van der Waals surface area contributed by atoms with E-state index in [9.17, 15) is 9.32 Å². The molecule has 3 heterocycles. The maximum atomic E-state index is 11.8. The molecule has 0 unspecified atom stereocenters. The van der Waals surface area contributed by atoms with Gasteiger partial charge in [0.25, 0.3) is 0 Å². The van der Waals surface area contributed by atoms with Crippen LogP contribution >= 0.6 is 23.4 Å². The topological polar surface area (TPSA) is 104 Å². The second-order valence-electron chi connectivity index (χ2n) is 6.65. The number of hydrogen-bond acceptors (Lipinski definition) is 9. The lowest BCUT2D eigenvalue weighted by atomic mass is 10.2. The van der Waals surface area contributed by atoms with E-state index in [0.29, 0.717) is 64.7 Å². The first-order valence-corrected chi connectivity index (χ1v) is 12.3. The SMILES string of the molecule is O=S1CCN(c2nc(NCCO)nc3c(SCc4cccc(Cl)c4)ncnc23)CC1. The van der Waals surface area contributed by atoms with E-state index in [1.54, 1.807) is 11.8 Å². The van der Waals surface area contributed by atoms with Gasteiger partial charge in [0.2, 0.25) is 5.95 Å². The van der Waals surface area contributed by atoms with Gasteiger partial charge < -0.3 is 15.3 Å². The van der Waals surface area contributed by atoms with Gasteiger partial charge in [-0.25, -0.2) is 15.0 Å². The van der Waals surface area contributed by atoms with Crippen LogP contribution in [0, 0.1) is 0 Å². The molecule has 158 valence electrons. The number of aromatic nitrogens is 4. The molecule has 1 saturated heterocycles. The Morgan fingerprint density at radius 1 is 1.20 bits per heavy atom. The first-order chi connectivity index (χ1) is 14.6. The van der Waals surface area contributed by atoms with Crippen LogP contribution in [0.5, 0.6) is 0 Å². The standard InChI is InChI=1S/C19H21ClN6O2S2/c20-14-3-1-2-13(10-14)11-29-18-16-15(22-12-23-18)17(25-19(24-16)21-4-7-27)26-5-8-30(28)9-6-26/h1-3,10,12,27H,4-9,11H2,(H,21,24,25). The average molecular weight is 465 g/mol. The quantitative estimate of drug-likeness (QED) is 0.402. The highest BCUT2D eigenvalue weighted by atomic mass is 35.5. The first kappa shape index (κ1) is 21.2. The van der Waals surface area contributed by atoms with Gasteiger partial charge in [-0.15, -0.1) is 0 Å². The summed E-state index contributed by atoms with van der Waals surface area (Å²) in [6, 6.07) is 7.72. The van der Waals surface area contributed by atoms with Gasteiger partial charge in [0.1, 0.15) is 22.4 Å². The van der Waals surface area contributed by atoms with E-state index in [0.717, 1.165) is 10.6 Å². The Morgan fingerprint density at radius 3 is 2.80 bits per heavy atom. The number of aliphatic hydroxyl groups excluding tert-OH is 1. The van der Waals surface area contributed by atoms with Crippen molar-refractivity contribution in [2.24, 2.45) is 0 Å². The van der Waals surface area contributed by atoms with Crippen molar-refractivity contribution in [1.29, 1.82) is 0 Å². The number of fused-ring (bicyclic) bond motifs is 1. The fourth-order valence-electron chi connectivity index (χ4n) is 3.11. The zero-order valence-corrected chi connectivity index (χ0v) is 18.5. The summed E-state index contributed by atoms with van der Waals surface area (Å²) >= 11 is 7.65. The molecule has 1 aliphatic rings. The van der Waals surface area contributed by atoms with E-state index in [1.807, 2.05) is 24.3 Å². The summed E-state index contributed by atoms with van der Waals surface area (Å²) in [5.74, 6) is 3.01. The van der Waals surface area contributed by atoms with Crippen LogP contribution in [0.1, 0.15) is 5.56 Å². The minimum Gasteiger partial charge on any atom is -0.395 e. The second kappa shape index (κ2) is 9.86. The van der Waals surface area contributed by atoms with Gasteiger partial charge >= 0.3 is 0 Å². The summed E-state index contributed by atoms with van der Waals surface area (Å²) in [6.07, 6.45) is 1.53. The van der Waals surface area contributed by atoms with Gasteiger partial charge in [0, 0.05) is 52.7 Å². The molecule has 0 spiro atoms. The highest BCUT2D eigenvalue weighted by molar-refractivity contribution is 7.98. The Hall–Kier alpha value is -2.01. The van der Waals surface area contributed by atoms with E-state index >= 15 is 0 Å². The van der Waals surface area contributed by atoms with Crippen molar-refractivity contribution < 1.29 is 9.32 Å². The summed E-state index contributed by atoms with van der Waals surface area (Å²) in [5.41, 5.74) is 2.41. The predicted molar refractivity (Wildman–Crippen MR) is 122 cm³/mol. The predicted octanol–water partition coefficient (Wildman–Crippen LogP) is 2.34. The lowest BCUT2D eigenvalue weighted by Gasteiger charge is -2.28. The fourth-order valence-corrected chi connectivity index (χ4v) is 5.26. The maximum absolute atomic E-state index is 11.8. The zero-order valence-electron chi connectivity index (χ0n) is 16.1. The van der Waals surface area contributed by atoms with Crippen molar-refractivity contribution in [3.63, 3.8) is 0 Å². The number of nitrogens with one attached hydrogen (secondary N) is 1. The smallest absolute Gasteiger partial charge is 0.225 e. The third-order valence-electron chi connectivity index (χ3n) is 4.57. The summed E-state index contributed by atoms with van der Waals surface area (Å²) in [4.78, 5) is 20.3. The Kier molecular flexibility index (Phi) is 6.98. The molecule has 0 aliphatic carbocycles. The van der Waals surface area contributed by atoms with E-state index in [2.05, 4.69) is 30.2 Å². The molecular weight excluding hydrogens is 444 g/mol. The molecule has 2 aromatic heterocycles. The number of benzene rings is 1. The summed E-state index contributed by atoms with van der Waals surface area (Å²) in [5, 5.41) is 13.7. The van der Waals surface area contributed by atoms with Crippen molar-refractivity contribution in [3.8, 4) is 0 Å². The normalized spacial score (nSPS) is 14.9. The van der Waals surface area contributed by atoms with Gasteiger partial charge in [-0.05, 0) is 17.7 Å². The molecule has 30 heavy (non-hydrogen) atoms. The van der Waals surface area contributed by atoms with E-state index < -0.39 is 10.8 Å². The van der Waals surface area contributed by atoms with Crippen LogP contribution in [0.2, 0.25) is 5.02 Å². The summed E-state index contributed by atoms with van der Waals surface area (Å²) < 4.78 is 11.8. The molecule has 0 radical (unpaired) electrons. The monoisotopic (exact) mass is 464 g/mol. The number of nitrogens with zero attached hydrogens (tertiary/aromatic N) is 5. The Labute approximate surface area is 186 Å². The lowest BCUT2D eigenvalue weighted by molar-refractivity contribution is 0.311. The van der Waals surface area contributed by atoms with E-state index in [-0.39, 0.29) is 6.61 Å². The number of rotatable bonds is 7. The third-order valence-corrected chi connectivity index (χ3v) is 7.13. The van der Waals surface area contributed by atoms with Crippen LogP contribution in [0.15, 0.2) is 35.6 Å². The third kappa shape index (κ3) is 5.00. The van der Waals surface area contributed by atoms with Crippen molar-refractivity contribution >= 4 is 57.0 Å². The summed E-state index contributed by atoms with van der Waals surface area (Å²) in [6.45, 7) is 1.61. The van der Waals surface area contributed by atoms with Gasteiger partial charge in [-0.1, -0.05) is 35.5 Å². The van der Waals surface area contributed by atoms with Crippen molar-refractivity contribution in [3.05, 3.63) is 41.2 Å². The molecule has 0 amide bonds. The largest absolute Gasteiger partial charge is 0.395 e. The molecule has 1 aromatic carbocycles. The van der Waals surface area contributed by atoms with Crippen LogP contribution in [0.25, 0.3) is 11.0 Å². The molecule has 0 saturated carbocycles. The number of thioether (sulfide) groups is 1. The van der Waals surface area contributed by atoms with Gasteiger partial charge in [0.15, 0.2) is 5.82 Å². The molecule has 0 bridgehead atoms.